The van der Waals surface area contributed by atoms with Crippen molar-refractivity contribution in [2.45, 2.75) is 43.0 Å². The summed E-state index contributed by atoms with van der Waals surface area (Å²) in [6.45, 7) is 0.485. The Labute approximate surface area is 166 Å². The standard InChI is InChI=1S/C18H27ClN2O5S/c1-25-11-10-20-18(22)13-21(14-6-4-3-5-7-14)27(23,24)15-8-9-17(26-2)16(19)12-15/h8-9,12,14H,3-7,10-11,13H2,1-2H3,(H,20,22). The molecule has 0 aliphatic heterocycles. The molecule has 1 saturated carbocycles. The van der Waals surface area contributed by atoms with Gasteiger partial charge in [0.25, 0.3) is 0 Å². The zero-order chi connectivity index (χ0) is 19.9. The van der Waals surface area contributed by atoms with Crippen LogP contribution in [-0.4, -0.2) is 58.6 Å². The van der Waals surface area contributed by atoms with E-state index in [-0.39, 0.29) is 28.4 Å². The lowest BCUT2D eigenvalue weighted by Gasteiger charge is -2.33. The lowest BCUT2D eigenvalue weighted by atomic mass is 9.95. The summed E-state index contributed by atoms with van der Waals surface area (Å²) >= 11 is 6.12. The summed E-state index contributed by atoms with van der Waals surface area (Å²) in [4.78, 5) is 12.4. The van der Waals surface area contributed by atoms with E-state index in [2.05, 4.69) is 5.32 Å². The van der Waals surface area contributed by atoms with E-state index < -0.39 is 10.0 Å². The van der Waals surface area contributed by atoms with Gasteiger partial charge in [0.05, 0.1) is 30.2 Å². The highest BCUT2D eigenvalue weighted by molar-refractivity contribution is 7.89. The Morgan fingerprint density at radius 1 is 1.26 bits per heavy atom. The molecule has 0 heterocycles. The Morgan fingerprint density at radius 3 is 2.56 bits per heavy atom. The zero-order valence-electron chi connectivity index (χ0n) is 15.7. The van der Waals surface area contributed by atoms with Crippen LogP contribution in [0.4, 0.5) is 0 Å². The van der Waals surface area contributed by atoms with Gasteiger partial charge in [0, 0.05) is 19.7 Å². The van der Waals surface area contributed by atoms with Crippen LogP contribution in [0.15, 0.2) is 23.1 Å². The molecule has 7 nitrogen and oxygen atoms in total. The summed E-state index contributed by atoms with van der Waals surface area (Å²) in [5.74, 6) is 0.0537. The number of carbonyl (C=O) groups is 1. The molecule has 9 heteroatoms. The molecular weight excluding hydrogens is 392 g/mol. The van der Waals surface area contributed by atoms with Crippen molar-refractivity contribution in [3.63, 3.8) is 0 Å². The van der Waals surface area contributed by atoms with E-state index in [1.165, 1.54) is 29.6 Å². The first-order chi connectivity index (χ1) is 12.9. The first-order valence-corrected chi connectivity index (χ1v) is 10.8. The molecule has 1 fully saturated rings. The van der Waals surface area contributed by atoms with Gasteiger partial charge in [0.1, 0.15) is 5.75 Å². The second-order valence-electron chi connectivity index (χ2n) is 6.48. The molecule has 1 aliphatic carbocycles. The molecule has 0 radical (unpaired) electrons. The summed E-state index contributed by atoms with van der Waals surface area (Å²) in [5.41, 5.74) is 0. The third-order valence-corrected chi connectivity index (χ3v) is 6.83. The van der Waals surface area contributed by atoms with Crippen molar-refractivity contribution in [2.75, 3.05) is 33.9 Å². The fourth-order valence-corrected chi connectivity index (χ4v) is 5.20. The average Bonchev–Trinajstić information content (AvgIpc) is 2.66. The predicted octanol–water partition coefficient (Wildman–Crippen LogP) is 2.43. The molecule has 0 saturated heterocycles. The van der Waals surface area contributed by atoms with Crippen LogP contribution in [0, 0.1) is 0 Å². The Kier molecular flexibility index (Phi) is 8.34. The van der Waals surface area contributed by atoms with E-state index in [0.29, 0.717) is 18.9 Å². The lowest BCUT2D eigenvalue weighted by molar-refractivity contribution is -0.121. The number of hydrogen-bond donors (Lipinski definition) is 1. The number of rotatable bonds is 9. The maximum atomic E-state index is 13.3. The molecule has 1 N–H and O–H groups in total. The number of carbonyl (C=O) groups excluding carboxylic acids is 1. The third-order valence-electron chi connectivity index (χ3n) is 4.64. The van der Waals surface area contributed by atoms with Gasteiger partial charge >= 0.3 is 0 Å². The number of nitrogens with one attached hydrogen (secondary N) is 1. The highest BCUT2D eigenvalue weighted by Crippen LogP contribution is 2.31. The molecule has 1 amide bonds. The summed E-state index contributed by atoms with van der Waals surface area (Å²) in [5, 5.41) is 2.90. The Hall–Kier alpha value is -1.35. The Morgan fingerprint density at radius 2 is 1.96 bits per heavy atom. The minimum atomic E-state index is -3.87. The van der Waals surface area contributed by atoms with Crippen molar-refractivity contribution in [2.24, 2.45) is 0 Å². The van der Waals surface area contributed by atoms with Gasteiger partial charge in [-0.3, -0.25) is 4.79 Å². The second-order valence-corrected chi connectivity index (χ2v) is 8.78. The van der Waals surface area contributed by atoms with Crippen LogP contribution in [0.2, 0.25) is 5.02 Å². The number of benzene rings is 1. The number of hydrogen-bond acceptors (Lipinski definition) is 5. The molecule has 1 aromatic rings. The second kappa shape index (κ2) is 10.3. The van der Waals surface area contributed by atoms with E-state index >= 15 is 0 Å². The normalized spacial score (nSPS) is 15.7. The predicted molar refractivity (Wildman–Crippen MR) is 104 cm³/mol. The molecule has 0 spiro atoms. The average molecular weight is 419 g/mol. The highest BCUT2D eigenvalue weighted by atomic mass is 35.5. The van der Waals surface area contributed by atoms with Crippen LogP contribution >= 0.6 is 11.6 Å². The van der Waals surface area contributed by atoms with Gasteiger partial charge in [-0.2, -0.15) is 4.31 Å². The first-order valence-electron chi connectivity index (χ1n) is 9.01. The number of ether oxygens (including phenoxy) is 2. The minimum Gasteiger partial charge on any atom is -0.495 e. The number of halogens is 1. The molecule has 152 valence electrons. The van der Waals surface area contributed by atoms with E-state index in [4.69, 9.17) is 21.1 Å². The number of methoxy groups -OCH3 is 2. The SMILES string of the molecule is COCCNC(=O)CN(C1CCCCC1)S(=O)(=O)c1ccc(OC)c(Cl)c1. The van der Waals surface area contributed by atoms with E-state index in [1.807, 2.05) is 0 Å². The molecule has 27 heavy (non-hydrogen) atoms. The van der Waals surface area contributed by atoms with E-state index in [0.717, 1.165) is 32.1 Å². The van der Waals surface area contributed by atoms with Gasteiger partial charge in [0.15, 0.2) is 0 Å². The molecule has 0 unspecified atom stereocenters. The van der Waals surface area contributed by atoms with Crippen molar-refractivity contribution in [1.82, 2.24) is 9.62 Å². The summed E-state index contributed by atoms with van der Waals surface area (Å²) < 4.78 is 37.9. The minimum absolute atomic E-state index is 0.0589. The van der Waals surface area contributed by atoms with Crippen LogP contribution in [0.3, 0.4) is 0 Å². The van der Waals surface area contributed by atoms with E-state index in [1.54, 1.807) is 7.11 Å². The van der Waals surface area contributed by atoms with Crippen molar-refractivity contribution >= 4 is 27.5 Å². The number of sulfonamides is 1. The molecule has 1 aliphatic rings. The van der Waals surface area contributed by atoms with Gasteiger partial charge in [0.2, 0.25) is 15.9 Å². The molecule has 2 rings (SSSR count). The topological polar surface area (TPSA) is 84.9 Å². The maximum Gasteiger partial charge on any atom is 0.243 e. The monoisotopic (exact) mass is 418 g/mol. The number of amides is 1. The maximum absolute atomic E-state index is 13.3. The summed E-state index contributed by atoms with van der Waals surface area (Å²) in [6.07, 6.45) is 4.47. The fourth-order valence-electron chi connectivity index (χ4n) is 3.21. The van der Waals surface area contributed by atoms with Gasteiger partial charge in [-0.25, -0.2) is 8.42 Å². The van der Waals surface area contributed by atoms with Gasteiger partial charge in [-0.1, -0.05) is 30.9 Å². The van der Waals surface area contributed by atoms with Crippen molar-refractivity contribution in [3.8, 4) is 5.75 Å². The smallest absolute Gasteiger partial charge is 0.243 e. The molecule has 0 atom stereocenters. The van der Waals surface area contributed by atoms with Crippen LogP contribution in [0.5, 0.6) is 5.75 Å². The molecule has 1 aromatic carbocycles. The van der Waals surface area contributed by atoms with Gasteiger partial charge < -0.3 is 14.8 Å². The van der Waals surface area contributed by atoms with Crippen molar-refractivity contribution < 1.29 is 22.7 Å². The van der Waals surface area contributed by atoms with Crippen molar-refractivity contribution in [1.29, 1.82) is 0 Å². The third kappa shape index (κ3) is 5.81. The van der Waals surface area contributed by atoms with Gasteiger partial charge in [-0.05, 0) is 31.0 Å². The number of nitrogens with zero attached hydrogens (tertiary/aromatic N) is 1. The van der Waals surface area contributed by atoms with Crippen molar-refractivity contribution in [3.05, 3.63) is 23.2 Å². The first kappa shape index (κ1) is 21.9. The Balaban J connectivity index is 2.27. The zero-order valence-corrected chi connectivity index (χ0v) is 17.3. The lowest BCUT2D eigenvalue weighted by Crippen LogP contribution is -2.47. The van der Waals surface area contributed by atoms with Crippen LogP contribution in [0.1, 0.15) is 32.1 Å². The molecular formula is C18H27ClN2O5S. The summed E-state index contributed by atoms with van der Waals surface area (Å²) in [7, 11) is -0.866. The quantitative estimate of drug-likeness (QED) is 0.622. The largest absolute Gasteiger partial charge is 0.495 e. The van der Waals surface area contributed by atoms with Gasteiger partial charge in [-0.15, -0.1) is 0 Å². The van der Waals surface area contributed by atoms with Crippen LogP contribution < -0.4 is 10.1 Å². The van der Waals surface area contributed by atoms with Crippen LogP contribution in [0.25, 0.3) is 0 Å². The fraction of sp³-hybridized carbons (Fsp3) is 0.611. The molecule has 0 bridgehead atoms. The van der Waals surface area contributed by atoms with Crippen LogP contribution in [-0.2, 0) is 19.6 Å². The highest BCUT2D eigenvalue weighted by Gasteiger charge is 2.34. The molecule has 0 aromatic heterocycles. The van der Waals surface area contributed by atoms with E-state index in [9.17, 15) is 13.2 Å². The summed E-state index contributed by atoms with van der Waals surface area (Å²) in [6, 6.07) is 4.15. The Bertz CT molecular complexity index is 735.